The maximum absolute atomic E-state index is 12.2. The van der Waals surface area contributed by atoms with Crippen LogP contribution in [0.15, 0.2) is 54.6 Å². The number of methoxy groups -OCH3 is 1. The molecule has 0 saturated carbocycles. The van der Waals surface area contributed by atoms with Crippen molar-refractivity contribution in [3.8, 4) is 0 Å². The molecule has 0 radical (unpaired) electrons. The number of hydrogen-bond acceptors (Lipinski definition) is 3. The number of amides is 1. The Morgan fingerprint density at radius 2 is 1.82 bits per heavy atom. The summed E-state index contributed by atoms with van der Waals surface area (Å²) in [7, 11) is 1.47. The van der Waals surface area contributed by atoms with Crippen molar-refractivity contribution in [3.63, 3.8) is 0 Å². The molecule has 2 N–H and O–H groups in total. The summed E-state index contributed by atoms with van der Waals surface area (Å²) in [5.41, 5.74) is 1.34. The van der Waals surface area contributed by atoms with Crippen LogP contribution in [0.1, 0.15) is 23.3 Å². The van der Waals surface area contributed by atoms with Gasteiger partial charge in [0, 0.05) is 24.2 Å². The molecule has 22 heavy (non-hydrogen) atoms. The minimum atomic E-state index is -0.870. The van der Waals surface area contributed by atoms with Crippen molar-refractivity contribution in [1.29, 1.82) is 0 Å². The molecule has 5 heteroatoms. The zero-order valence-electron chi connectivity index (χ0n) is 12.2. The molecule has 0 fully saturated rings. The van der Waals surface area contributed by atoms with Crippen molar-refractivity contribution in [2.75, 3.05) is 13.7 Å². The molecule has 1 amide bonds. The summed E-state index contributed by atoms with van der Waals surface area (Å²) in [6, 6.07) is 16.2. The fourth-order valence-electron chi connectivity index (χ4n) is 2.17. The molecule has 0 aliphatic heterocycles. The van der Waals surface area contributed by atoms with Gasteiger partial charge in [0.15, 0.2) is 6.10 Å². The van der Waals surface area contributed by atoms with Gasteiger partial charge < -0.3 is 15.2 Å². The van der Waals surface area contributed by atoms with Crippen LogP contribution in [0.4, 0.5) is 0 Å². The fourth-order valence-corrected chi connectivity index (χ4v) is 2.43. The Morgan fingerprint density at radius 1 is 1.18 bits per heavy atom. The lowest BCUT2D eigenvalue weighted by atomic mass is 10.1. The van der Waals surface area contributed by atoms with Gasteiger partial charge in [0.1, 0.15) is 0 Å². The summed E-state index contributed by atoms with van der Waals surface area (Å²) >= 11 is 6.02. The highest BCUT2D eigenvalue weighted by Crippen LogP contribution is 2.22. The van der Waals surface area contributed by atoms with Crippen molar-refractivity contribution in [3.05, 3.63) is 70.7 Å². The Kier molecular flexibility index (Phi) is 5.95. The van der Waals surface area contributed by atoms with E-state index in [0.29, 0.717) is 10.6 Å². The summed E-state index contributed by atoms with van der Waals surface area (Å²) < 4.78 is 5.24. The van der Waals surface area contributed by atoms with E-state index in [2.05, 4.69) is 5.32 Å². The molecule has 2 rings (SSSR count). The van der Waals surface area contributed by atoms with Crippen LogP contribution in [-0.4, -0.2) is 24.7 Å². The molecule has 0 heterocycles. The topological polar surface area (TPSA) is 58.6 Å². The molecule has 0 unspecified atom stereocenters. The number of hydrogen-bond donors (Lipinski definition) is 2. The zero-order valence-corrected chi connectivity index (χ0v) is 13.0. The second-order valence-corrected chi connectivity index (χ2v) is 5.22. The number of ether oxygens (including phenoxy) is 1. The van der Waals surface area contributed by atoms with Crippen molar-refractivity contribution in [2.45, 2.75) is 12.2 Å². The third-order valence-corrected chi connectivity index (χ3v) is 3.65. The maximum Gasteiger partial charge on any atom is 0.253 e. The lowest BCUT2D eigenvalue weighted by molar-refractivity contribution is -0.131. The van der Waals surface area contributed by atoms with Crippen LogP contribution in [0.25, 0.3) is 0 Å². The van der Waals surface area contributed by atoms with Crippen LogP contribution in [0.2, 0.25) is 5.02 Å². The van der Waals surface area contributed by atoms with E-state index in [1.54, 1.807) is 24.3 Å². The van der Waals surface area contributed by atoms with Gasteiger partial charge in [-0.1, -0.05) is 60.1 Å². The summed E-state index contributed by atoms with van der Waals surface area (Å²) in [6.45, 7) is 0.0647. The summed E-state index contributed by atoms with van der Waals surface area (Å²) in [6.07, 6.45) is -1.58. The first-order valence-corrected chi connectivity index (χ1v) is 7.29. The van der Waals surface area contributed by atoms with Gasteiger partial charge in [-0.15, -0.1) is 0 Å². The van der Waals surface area contributed by atoms with E-state index in [-0.39, 0.29) is 12.5 Å². The Hall–Kier alpha value is -1.88. The fraction of sp³-hybridized carbons (Fsp3) is 0.235. The predicted octanol–water partition coefficient (Wildman–Crippen LogP) is 2.88. The molecule has 0 spiro atoms. The van der Waals surface area contributed by atoms with Gasteiger partial charge in [0.25, 0.3) is 5.91 Å². The van der Waals surface area contributed by atoms with E-state index in [4.69, 9.17) is 16.3 Å². The number of aliphatic hydroxyl groups excluding tert-OH is 1. The monoisotopic (exact) mass is 319 g/mol. The van der Waals surface area contributed by atoms with E-state index in [9.17, 15) is 9.90 Å². The molecule has 116 valence electrons. The number of aliphatic hydroxyl groups is 1. The van der Waals surface area contributed by atoms with Gasteiger partial charge in [-0.3, -0.25) is 4.79 Å². The zero-order chi connectivity index (χ0) is 15.9. The molecule has 0 bridgehead atoms. The molecule has 4 nitrogen and oxygen atoms in total. The SMILES string of the molecule is CO[C@@H](C(=O)NC[C@@H](O)c1ccccc1Cl)c1ccccc1. The van der Waals surface area contributed by atoms with Gasteiger partial charge >= 0.3 is 0 Å². The van der Waals surface area contributed by atoms with E-state index in [1.165, 1.54) is 7.11 Å². The molecule has 0 saturated heterocycles. The highest BCUT2D eigenvalue weighted by Gasteiger charge is 2.21. The van der Waals surface area contributed by atoms with E-state index >= 15 is 0 Å². The van der Waals surface area contributed by atoms with Gasteiger partial charge in [-0.25, -0.2) is 0 Å². The Balaban J connectivity index is 1.98. The highest BCUT2D eigenvalue weighted by atomic mass is 35.5. The first-order valence-electron chi connectivity index (χ1n) is 6.91. The van der Waals surface area contributed by atoms with Gasteiger partial charge in [0.05, 0.1) is 6.10 Å². The summed E-state index contributed by atoms with van der Waals surface area (Å²) in [5, 5.41) is 13.3. The van der Waals surface area contributed by atoms with E-state index < -0.39 is 12.2 Å². The predicted molar refractivity (Wildman–Crippen MR) is 85.6 cm³/mol. The molecular weight excluding hydrogens is 302 g/mol. The normalized spacial score (nSPS) is 13.4. The van der Waals surface area contributed by atoms with Crippen LogP contribution in [-0.2, 0) is 9.53 Å². The van der Waals surface area contributed by atoms with Gasteiger partial charge in [-0.05, 0) is 11.6 Å². The molecule has 0 aromatic heterocycles. The van der Waals surface area contributed by atoms with Crippen molar-refractivity contribution in [2.24, 2.45) is 0 Å². The number of nitrogens with one attached hydrogen (secondary N) is 1. The third kappa shape index (κ3) is 4.07. The van der Waals surface area contributed by atoms with Crippen molar-refractivity contribution in [1.82, 2.24) is 5.32 Å². The van der Waals surface area contributed by atoms with Crippen LogP contribution in [0, 0.1) is 0 Å². The van der Waals surface area contributed by atoms with Crippen LogP contribution in [0.5, 0.6) is 0 Å². The van der Waals surface area contributed by atoms with Crippen LogP contribution < -0.4 is 5.32 Å². The van der Waals surface area contributed by atoms with Gasteiger partial charge in [0.2, 0.25) is 0 Å². The summed E-state index contributed by atoms with van der Waals surface area (Å²) in [5.74, 6) is -0.306. The average Bonchev–Trinajstić information content (AvgIpc) is 2.55. The Bertz CT molecular complexity index is 618. The first-order chi connectivity index (χ1) is 10.6. The highest BCUT2D eigenvalue weighted by molar-refractivity contribution is 6.31. The van der Waals surface area contributed by atoms with Gasteiger partial charge in [-0.2, -0.15) is 0 Å². The third-order valence-electron chi connectivity index (χ3n) is 3.31. The van der Waals surface area contributed by atoms with Crippen molar-refractivity contribution < 1.29 is 14.6 Å². The van der Waals surface area contributed by atoms with E-state index in [0.717, 1.165) is 5.56 Å². The molecule has 0 aliphatic carbocycles. The van der Waals surface area contributed by atoms with Crippen LogP contribution >= 0.6 is 11.6 Å². The molecular formula is C17H18ClNO3. The first kappa shape index (κ1) is 16.5. The number of carbonyl (C=O) groups is 1. The lowest BCUT2D eigenvalue weighted by Gasteiger charge is -2.18. The molecule has 2 aromatic rings. The Labute approximate surface area is 134 Å². The molecule has 2 atom stereocenters. The standard InChI is InChI=1S/C17H18ClNO3/c1-22-16(12-7-3-2-4-8-12)17(21)19-11-15(20)13-9-5-6-10-14(13)18/h2-10,15-16,20H,11H2,1H3,(H,19,21)/t15-,16-/m1/s1. The summed E-state index contributed by atoms with van der Waals surface area (Å²) in [4.78, 5) is 12.2. The smallest absolute Gasteiger partial charge is 0.253 e. The number of benzene rings is 2. The Morgan fingerprint density at radius 3 is 2.45 bits per heavy atom. The average molecular weight is 320 g/mol. The maximum atomic E-state index is 12.2. The molecule has 2 aromatic carbocycles. The van der Waals surface area contributed by atoms with E-state index in [1.807, 2.05) is 30.3 Å². The van der Waals surface area contributed by atoms with Crippen molar-refractivity contribution >= 4 is 17.5 Å². The number of rotatable bonds is 6. The lowest BCUT2D eigenvalue weighted by Crippen LogP contribution is -2.33. The molecule has 0 aliphatic rings. The second kappa shape index (κ2) is 7.94. The minimum absolute atomic E-state index is 0.0647. The number of carbonyl (C=O) groups excluding carboxylic acids is 1. The minimum Gasteiger partial charge on any atom is -0.387 e. The largest absolute Gasteiger partial charge is 0.387 e. The quantitative estimate of drug-likeness (QED) is 0.860. The number of halogens is 1. The second-order valence-electron chi connectivity index (χ2n) is 4.81. The van der Waals surface area contributed by atoms with Crippen LogP contribution in [0.3, 0.4) is 0 Å².